The van der Waals surface area contributed by atoms with E-state index in [9.17, 15) is 14.9 Å². The Hall–Kier alpha value is -2.63. The van der Waals surface area contributed by atoms with E-state index in [1.165, 1.54) is 12.1 Å². The molecule has 0 spiro atoms. The van der Waals surface area contributed by atoms with Crippen molar-refractivity contribution < 1.29 is 14.8 Å². The first kappa shape index (κ1) is 16.4. The number of unbranched alkanes of at least 4 members (excludes halogenated alkanes) is 1. The van der Waals surface area contributed by atoms with Gasteiger partial charge < -0.3 is 10.0 Å². The average molecular weight is 290 g/mol. The molecule has 0 radical (unpaired) electrons. The predicted molar refractivity (Wildman–Crippen MR) is 82.5 cm³/mol. The van der Waals surface area contributed by atoms with Crippen LogP contribution >= 0.6 is 0 Å². The third-order valence-electron chi connectivity index (χ3n) is 2.96. The molecule has 0 aliphatic carbocycles. The Labute approximate surface area is 123 Å². The summed E-state index contributed by atoms with van der Waals surface area (Å²) in [5.74, 6) is -1.14. The molecule has 1 rings (SSSR count). The fourth-order valence-corrected chi connectivity index (χ4v) is 1.84. The maximum atomic E-state index is 11.0. The quantitative estimate of drug-likeness (QED) is 0.261. The van der Waals surface area contributed by atoms with Gasteiger partial charge in [0.05, 0.1) is 10.5 Å². The number of hydrogen-bond acceptors (Lipinski definition) is 4. The van der Waals surface area contributed by atoms with Crippen molar-refractivity contribution in [3.63, 3.8) is 0 Å². The van der Waals surface area contributed by atoms with E-state index in [1.54, 1.807) is 12.1 Å². The Balaban J connectivity index is 3.02. The molecule has 112 valence electrons. The molecule has 0 bridgehead atoms. The fraction of sp³-hybridized carbons (Fsp3) is 0.267. The summed E-state index contributed by atoms with van der Waals surface area (Å²) in [7, 11) is 1.88. The molecule has 0 amide bonds. The molecule has 0 atom stereocenters. The van der Waals surface area contributed by atoms with E-state index in [1.807, 2.05) is 18.0 Å². The molecule has 0 saturated carbocycles. The van der Waals surface area contributed by atoms with Crippen molar-refractivity contribution in [3.8, 4) is 0 Å². The summed E-state index contributed by atoms with van der Waals surface area (Å²) < 4.78 is 0. The van der Waals surface area contributed by atoms with Gasteiger partial charge in [-0.15, -0.1) is 6.58 Å². The van der Waals surface area contributed by atoms with Crippen LogP contribution in [0, 0.1) is 10.1 Å². The van der Waals surface area contributed by atoms with Gasteiger partial charge in [0, 0.05) is 31.4 Å². The van der Waals surface area contributed by atoms with Crippen LogP contribution < -0.4 is 4.90 Å². The molecule has 6 heteroatoms. The highest BCUT2D eigenvalue weighted by Gasteiger charge is 2.13. The van der Waals surface area contributed by atoms with Crippen molar-refractivity contribution in [1.82, 2.24) is 0 Å². The minimum Gasteiger partial charge on any atom is -0.478 e. The summed E-state index contributed by atoms with van der Waals surface area (Å²) in [6, 6.07) is 4.66. The predicted octanol–water partition coefficient (Wildman–Crippen LogP) is 3.10. The van der Waals surface area contributed by atoms with Gasteiger partial charge in [-0.05, 0) is 31.1 Å². The van der Waals surface area contributed by atoms with Crippen molar-refractivity contribution in [1.29, 1.82) is 0 Å². The van der Waals surface area contributed by atoms with Gasteiger partial charge in [-0.25, -0.2) is 4.79 Å². The largest absolute Gasteiger partial charge is 0.478 e. The normalized spacial score (nSPS) is 10.5. The van der Waals surface area contributed by atoms with Crippen LogP contribution in [0.4, 0.5) is 11.4 Å². The van der Waals surface area contributed by atoms with Crippen LogP contribution in [0.15, 0.2) is 36.9 Å². The molecule has 6 nitrogen and oxygen atoms in total. The second-order valence-corrected chi connectivity index (χ2v) is 4.52. The van der Waals surface area contributed by atoms with Crippen LogP contribution in [0.5, 0.6) is 0 Å². The van der Waals surface area contributed by atoms with E-state index in [2.05, 4.69) is 6.58 Å². The lowest BCUT2D eigenvalue weighted by molar-refractivity contribution is -0.385. The second kappa shape index (κ2) is 7.84. The minimum absolute atomic E-state index is 0.115. The molecule has 0 unspecified atom stereocenters. The zero-order chi connectivity index (χ0) is 15.8. The Morgan fingerprint density at radius 1 is 1.52 bits per heavy atom. The molecule has 1 aromatic carbocycles. The van der Waals surface area contributed by atoms with Gasteiger partial charge in [0.1, 0.15) is 0 Å². The summed E-state index contributed by atoms with van der Waals surface area (Å²) in [6.07, 6.45) is 5.79. The van der Waals surface area contributed by atoms with E-state index >= 15 is 0 Å². The highest BCUT2D eigenvalue weighted by atomic mass is 16.6. The Morgan fingerprint density at radius 2 is 2.24 bits per heavy atom. The summed E-state index contributed by atoms with van der Waals surface area (Å²) >= 11 is 0. The van der Waals surface area contributed by atoms with Gasteiger partial charge in [-0.3, -0.25) is 10.1 Å². The first-order chi connectivity index (χ1) is 9.95. The van der Waals surface area contributed by atoms with E-state index in [0.29, 0.717) is 0 Å². The zero-order valence-electron chi connectivity index (χ0n) is 11.9. The third kappa shape index (κ3) is 5.10. The molecule has 1 aromatic rings. The first-order valence-electron chi connectivity index (χ1n) is 6.47. The number of rotatable bonds is 8. The van der Waals surface area contributed by atoms with Gasteiger partial charge in [-0.1, -0.05) is 6.08 Å². The van der Waals surface area contributed by atoms with Gasteiger partial charge in [-0.2, -0.15) is 0 Å². The van der Waals surface area contributed by atoms with E-state index in [0.717, 1.165) is 31.1 Å². The van der Waals surface area contributed by atoms with E-state index in [-0.39, 0.29) is 11.3 Å². The van der Waals surface area contributed by atoms with Gasteiger partial charge in [0.2, 0.25) is 0 Å². The molecule has 0 aromatic heterocycles. The molecule has 0 aliphatic heterocycles. The first-order valence-corrected chi connectivity index (χ1v) is 6.47. The number of carbonyl (C=O) groups is 1. The highest BCUT2D eigenvalue weighted by Crippen LogP contribution is 2.26. The summed E-state index contributed by atoms with van der Waals surface area (Å²) in [4.78, 5) is 23.0. The van der Waals surface area contributed by atoms with Crippen LogP contribution in [-0.2, 0) is 4.79 Å². The van der Waals surface area contributed by atoms with E-state index in [4.69, 9.17) is 5.11 Å². The van der Waals surface area contributed by atoms with Crippen molar-refractivity contribution >= 4 is 23.4 Å². The summed E-state index contributed by atoms with van der Waals surface area (Å²) in [5, 5.41) is 19.6. The number of nitro benzene ring substituents is 1. The number of nitro groups is 1. The Bertz CT molecular complexity index is 567. The maximum Gasteiger partial charge on any atom is 0.328 e. The number of nitrogens with zero attached hydrogens (tertiary/aromatic N) is 2. The monoisotopic (exact) mass is 290 g/mol. The van der Waals surface area contributed by atoms with E-state index < -0.39 is 10.9 Å². The Morgan fingerprint density at radius 3 is 2.81 bits per heavy atom. The van der Waals surface area contributed by atoms with Gasteiger partial charge in [0.15, 0.2) is 0 Å². The number of carboxylic acids is 1. The van der Waals surface area contributed by atoms with Crippen LogP contribution in [0.25, 0.3) is 6.08 Å². The molecular weight excluding hydrogens is 272 g/mol. The number of aliphatic carboxylic acids is 1. The number of carboxylic acid groups (broad SMARTS) is 1. The lowest BCUT2D eigenvalue weighted by atomic mass is 10.1. The van der Waals surface area contributed by atoms with Crippen molar-refractivity contribution in [2.75, 3.05) is 18.5 Å². The topological polar surface area (TPSA) is 83.7 Å². The van der Waals surface area contributed by atoms with Crippen LogP contribution in [0.3, 0.4) is 0 Å². The van der Waals surface area contributed by atoms with Crippen LogP contribution in [-0.4, -0.2) is 29.6 Å². The summed E-state index contributed by atoms with van der Waals surface area (Å²) in [6.45, 7) is 4.44. The van der Waals surface area contributed by atoms with Crippen LogP contribution in [0.2, 0.25) is 0 Å². The summed E-state index contributed by atoms with van der Waals surface area (Å²) in [5.41, 5.74) is 0.959. The minimum atomic E-state index is -1.14. The number of allylic oxidation sites excluding steroid dienone is 1. The fourth-order valence-electron chi connectivity index (χ4n) is 1.84. The molecule has 1 N–H and O–H groups in total. The van der Waals surface area contributed by atoms with Gasteiger partial charge >= 0.3 is 5.97 Å². The zero-order valence-corrected chi connectivity index (χ0v) is 11.9. The molecule has 0 fully saturated rings. The Kier molecular flexibility index (Phi) is 6.13. The highest BCUT2D eigenvalue weighted by molar-refractivity contribution is 5.86. The number of hydrogen-bond donors (Lipinski definition) is 1. The average Bonchev–Trinajstić information content (AvgIpc) is 2.44. The molecular formula is C15H18N2O4. The second-order valence-electron chi connectivity index (χ2n) is 4.52. The lowest BCUT2D eigenvalue weighted by Crippen LogP contribution is -2.18. The third-order valence-corrected chi connectivity index (χ3v) is 2.96. The molecule has 0 aliphatic rings. The SMILES string of the molecule is C=CCCCN(C)c1ccc([N+](=O)[O-])c(/C=C/C(=O)O)c1. The lowest BCUT2D eigenvalue weighted by Gasteiger charge is -2.19. The molecule has 0 saturated heterocycles. The number of benzene rings is 1. The van der Waals surface area contributed by atoms with Gasteiger partial charge in [0.25, 0.3) is 5.69 Å². The molecule has 0 heterocycles. The molecule has 21 heavy (non-hydrogen) atoms. The van der Waals surface area contributed by atoms with Crippen molar-refractivity contribution in [2.24, 2.45) is 0 Å². The maximum absolute atomic E-state index is 11.0. The standard InChI is InChI=1S/C15H18N2O4/c1-3-4-5-10-16(2)13-7-8-14(17(20)21)12(11-13)6-9-15(18)19/h3,6-9,11H,1,4-5,10H2,2H3,(H,18,19)/b9-6+. The van der Waals surface area contributed by atoms with Crippen molar-refractivity contribution in [3.05, 3.63) is 52.6 Å². The number of anilines is 1. The van der Waals surface area contributed by atoms with Crippen molar-refractivity contribution in [2.45, 2.75) is 12.8 Å². The smallest absolute Gasteiger partial charge is 0.328 e. The van der Waals surface area contributed by atoms with Crippen LogP contribution in [0.1, 0.15) is 18.4 Å².